The molecule has 1 saturated carbocycles. The zero-order valence-corrected chi connectivity index (χ0v) is 19.5. The molecule has 2 N–H and O–H groups in total. The highest BCUT2D eigenvalue weighted by Crippen LogP contribution is 2.28. The van der Waals surface area contributed by atoms with Crippen molar-refractivity contribution in [2.24, 2.45) is 7.05 Å². The molecule has 0 aliphatic heterocycles. The van der Waals surface area contributed by atoms with Gasteiger partial charge < -0.3 is 15.2 Å². The van der Waals surface area contributed by atoms with E-state index in [1.54, 1.807) is 0 Å². The van der Waals surface area contributed by atoms with Gasteiger partial charge in [0.25, 0.3) is 0 Å². The van der Waals surface area contributed by atoms with E-state index in [9.17, 15) is 4.79 Å². The number of imidazole rings is 1. The first-order chi connectivity index (χ1) is 16.1. The summed E-state index contributed by atoms with van der Waals surface area (Å²) < 4.78 is 2.08. The minimum atomic E-state index is 0.107. The summed E-state index contributed by atoms with van der Waals surface area (Å²) in [4.78, 5) is 21.7. The first-order valence-electron chi connectivity index (χ1n) is 11.6. The monoisotopic (exact) mass is 461 g/mol. The van der Waals surface area contributed by atoms with Crippen molar-refractivity contribution in [3.63, 3.8) is 0 Å². The average molecular weight is 462 g/mol. The number of anilines is 1. The molecule has 2 aromatic heterocycles. The summed E-state index contributed by atoms with van der Waals surface area (Å²) in [6.07, 6.45) is 6.92. The van der Waals surface area contributed by atoms with Gasteiger partial charge in [-0.25, -0.2) is 4.98 Å². The van der Waals surface area contributed by atoms with E-state index in [4.69, 9.17) is 11.6 Å². The Hall–Kier alpha value is -3.12. The van der Waals surface area contributed by atoms with Gasteiger partial charge in [0.2, 0.25) is 5.91 Å². The molecular formula is C26H28ClN5O. The lowest BCUT2D eigenvalue weighted by Crippen LogP contribution is -2.40. The summed E-state index contributed by atoms with van der Waals surface area (Å²) >= 11 is 6.10. The highest BCUT2D eigenvalue weighted by atomic mass is 35.5. The van der Waals surface area contributed by atoms with E-state index in [1.807, 2.05) is 55.7 Å². The maximum Gasteiger partial charge on any atom is 0.220 e. The zero-order valence-electron chi connectivity index (χ0n) is 18.7. The minimum absolute atomic E-state index is 0.107. The molecule has 1 amide bonds. The van der Waals surface area contributed by atoms with E-state index in [0.717, 1.165) is 59.1 Å². The van der Waals surface area contributed by atoms with Crippen LogP contribution in [-0.4, -0.2) is 32.5 Å². The Labute approximate surface area is 198 Å². The van der Waals surface area contributed by atoms with Crippen LogP contribution in [0.25, 0.3) is 21.9 Å². The summed E-state index contributed by atoms with van der Waals surface area (Å²) in [6, 6.07) is 16.5. The molecule has 2 aromatic carbocycles. The van der Waals surface area contributed by atoms with Crippen molar-refractivity contribution in [1.29, 1.82) is 0 Å². The van der Waals surface area contributed by atoms with E-state index in [0.29, 0.717) is 23.9 Å². The second kappa shape index (κ2) is 9.40. The second-order valence-corrected chi connectivity index (χ2v) is 9.29. The third-order valence-corrected chi connectivity index (χ3v) is 6.85. The van der Waals surface area contributed by atoms with E-state index in [-0.39, 0.29) is 11.9 Å². The number of carbonyl (C=O) groups excluding carboxylic acids is 1. The fourth-order valence-corrected chi connectivity index (χ4v) is 4.96. The highest BCUT2D eigenvalue weighted by molar-refractivity contribution is 6.31. The molecule has 2 heterocycles. The second-order valence-electron chi connectivity index (χ2n) is 8.86. The van der Waals surface area contributed by atoms with Gasteiger partial charge in [0.15, 0.2) is 0 Å². The van der Waals surface area contributed by atoms with Gasteiger partial charge in [-0.3, -0.25) is 9.78 Å². The third kappa shape index (κ3) is 4.81. The number of carbonyl (C=O) groups is 1. The molecule has 1 aliphatic rings. The third-order valence-electron chi connectivity index (χ3n) is 6.61. The quantitative estimate of drug-likeness (QED) is 0.411. The predicted molar refractivity (Wildman–Crippen MR) is 134 cm³/mol. The summed E-state index contributed by atoms with van der Waals surface area (Å²) in [6.45, 7) is 0. The number of benzene rings is 2. The van der Waals surface area contributed by atoms with E-state index >= 15 is 0 Å². The molecule has 170 valence electrons. The molecule has 0 radical (unpaired) electrons. The van der Waals surface area contributed by atoms with E-state index in [1.165, 1.54) is 0 Å². The molecule has 0 unspecified atom stereocenters. The van der Waals surface area contributed by atoms with Crippen LogP contribution in [0, 0.1) is 0 Å². The number of aromatic nitrogens is 3. The Kier molecular flexibility index (Phi) is 6.18. The number of fused-ring (bicyclic) bond motifs is 2. The average Bonchev–Trinajstić information content (AvgIpc) is 3.14. The molecular weight excluding hydrogens is 434 g/mol. The fraction of sp³-hybridized carbons (Fsp3) is 0.346. The zero-order chi connectivity index (χ0) is 22.8. The van der Waals surface area contributed by atoms with Crippen LogP contribution in [0.15, 0.2) is 54.7 Å². The molecule has 33 heavy (non-hydrogen) atoms. The maximum absolute atomic E-state index is 12.6. The van der Waals surface area contributed by atoms with E-state index in [2.05, 4.69) is 31.2 Å². The van der Waals surface area contributed by atoms with Gasteiger partial charge >= 0.3 is 0 Å². The first-order valence-corrected chi connectivity index (χ1v) is 11.9. The summed E-state index contributed by atoms with van der Waals surface area (Å²) in [7, 11) is 2.01. The number of amides is 1. The van der Waals surface area contributed by atoms with Crippen LogP contribution in [0.4, 0.5) is 5.69 Å². The van der Waals surface area contributed by atoms with Crippen molar-refractivity contribution in [1.82, 2.24) is 19.9 Å². The number of rotatable bonds is 6. The summed E-state index contributed by atoms with van der Waals surface area (Å²) in [5.74, 6) is 1.06. The van der Waals surface area contributed by atoms with Crippen molar-refractivity contribution < 1.29 is 4.79 Å². The highest BCUT2D eigenvalue weighted by Gasteiger charge is 2.23. The summed E-state index contributed by atoms with van der Waals surface area (Å²) in [5, 5.41) is 8.69. The van der Waals surface area contributed by atoms with Crippen molar-refractivity contribution in [2.75, 3.05) is 5.32 Å². The Bertz CT molecular complexity index is 1290. The van der Waals surface area contributed by atoms with Gasteiger partial charge in [-0.05, 0) is 62.1 Å². The standard InChI is InChI=1S/C26H28ClN5O/c1-32-24-5-3-2-4-22(24)31-25(32)12-13-26(33)30-19-9-7-18(8-10-19)29-21-14-15-28-23-16-17(27)6-11-20(21)23/h2-6,11,14-16,18-19H,7-10,12-13H2,1H3,(H,28,29)(H,30,33)/t18-,19+. The number of para-hydroxylation sites is 2. The smallest absolute Gasteiger partial charge is 0.220 e. The fourth-order valence-electron chi connectivity index (χ4n) is 4.79. The van der Waals surface area contributed by atoms with Crippen LogP contribution < -0.4 is 10.6 Å². The number of nitrogens with zero attached hydrogens (tertiary/aromatic N) is 3. The lowest BCUT2D eigenvalue weighted by Gasteiger charge is -2.30. The van der Waals surface area contributed by atoms with Crippen LogP contribution in [0.5, 0.6) is 0 Å². The predicted octanol–water partition coefficient (Wildman–Crippen LogP) is 5.25. The van der Waals surface area contributed by atoms with Gasteiger partial charge in [-0.2, -0.15) is 0 Å². The van der Waals surface area contributed by atoms with Gasteiger partial charge in [-0.15, -0.1) is 0 Å². The SMILES string of the molecule is Cn1c(CCC(=O)N[C@H]2CC[C@@H](Nc3ccnc4cc(Cl)ccc34)CC2)nc2ccccc21. The lowest BCUT2D eigenvalue weighted by atomic mass is 9.90. The Morgan fingerprint density at radius 1 is 1.06 bits per heavy atom. The van der Waals surface area contributed by atoms with Gasteiger partial charge in [0.1, 0.15) is 5.82 Å². The number of pyridine rings is 1. The number of hydrogen-bond donors (Lipinski definition) is 2. The van der Waals surface area contributed by atoms with Gasteiger partial charge in [0, 0.05) is 54.3 Å². The molecule has 0 atom stereocenters. The topological polar surface area (TPSA) is 71.8 Å². The van der Waals surface area contributed by atoms with Crippen LogP contribution in [-0.2, 0) is 18.3 Å². The van der Waals surface area contributed by atoms with Crippen molar-refractivity contribution in [3.8, 4) is 0 Å². The number of hydrogen-bond acceptors (Lipinski definition) is 4. The summed E-state index contributed by atoms with van der Waals surface area (Å²) in [5.41, 5.74) is 4.07. The van der Waals surface area contributed by atoms with Crippen molar-refractivity contribution in [3.05, 3.63) is 65.6 Å². The Morgan fingerprint density at radius 2 is 1.85 bits per heavy atom. The first kappa shape index (κ1) is 21.7. The van der Waals surface area contributed by atoms with Crippen LogP contribution in [0.2, 0.25) is 5.02 Å². The van der Waals surface area contributed by atoms with Crippen molar-refractivity contribution >= 4 is 45.1 Å². The van der Waals surface area contributed by atoms with Crippen LogP contribution >= 0.6 is 11.6 Å². The van der Waals surface area contributed by atoms with Crippen LogP contribution in [0.1, 0.15) is 37.9 Å². The number of aryl methyl sites for hydroxylation is 2. The van der Waals surface area contributed by atoms with Crippen molar-refractivity contribution in [2.45, 2.75) is 50.6 Å². The van der Waals surface area contributed by atoms with Crippen LogP contribution in [0.3, 0.4) is 0 Å². The Morgan fingerprint density at radius 3 is 2.67 bits per heavy atom. The minimum Gasteiger partial charge on any atom is -0.382 e. The molecule has 6 nitrogen and oxygen atoms in total. The normalized spacial score (nSPS) is 18.5. The van der Waals surface area contributed by atoms with Gasteiger partial charge in [-0.1, -0.05) is 23.7 Å². The maximum atomic E-state index is 12.6. The lowest BCUT2D eigenvalue weighted by molar-refractivity contribution is -0.122. The van der Waals surface area contributed by atoms with E-state index < -0.39 is 0 Å². The number of halogens is 1. The molecule has 1 fully saturated rings. The molecule has 7 heteroatoms. The molecule has 5 rings (SSSR count). The molecule has 4 aromatic rings. The number of nitrogens with one attached hydrogen (secondary N) is 2. The van der Waals surface area contributed by atoms with Gasteiger partial charge in [0.05, 0.1) is 16.6 Å². The largest absolute Gasteiger partial charge is 0.382 e. The molecule has 0 bridgehead atoms. The Balaban J connectivity index is 1.12. The molecule has 0 spiro atoms. The molecule has 1 aliphatic carbocycles. The molecule has 0 saturated heterocycles.